The van der Waals surface area contributed by atoms with Gasteiger partial charge in [-0.25, -0.2) is 0 Å². The van der Waals surface area contributed by atoms with Crippen molar-refractivity contribution in [2.75, 3.05) is 5.75 Å². The third-order valence-electron chi connectivity index (χ3n) is 3.90. The van der Waals surface area contributed by atoms with Gasteiger partial charge in [-0.1, -0.05) is 11.8 Å². The molecule has 0 radical (unpaired) electrons. The monoisotopic (exact) mass is 307 g/mol. The number of nitrogens with one attached hydrogen (secondary N) is 1. The molecule has 0 spiro atoms. The first-order valence-corrected chi connectivity index (χ1v) is 8.14. The molecular formula is C15H21N3O2S. The van der Waals surface area contributed by atoms with Gasteiger partial charge in [0.25, 0.3) is 11.1 Å². The van der Waals surface area contributed by atoms with E-state index in [2.05, 4.69) is 42.9 Å². The summed E-state index contributed by atoms with van der Waals surface area (Å²) in [6, 6.07) is 3.82. The van der Waals surface area contributed by atoms with Crippen LogP contribution >= 0.6 is 11.8 Å². The van der Waals surface area contributed by atoms with Crippen molar-refractivity contribution in [3.63, 3.8) is 0 Å². The maximum absolute atomic E-state index is 6.12. The number of rotatable bonds is 4. The van der Waals surface area contributed by atoms with Crippen molar-refractivity contribution >= 4 is 11.8 Å². The lowest BCUT2D eigenvalue weighted by molar-refractivity contribution is -0.0725. The van der Waals surface area contributed by atoms with Crippen LogP contribution in [0.3, 0.4) is 0 Å². The van der Waals surface area contributed by atoms with E-state index in [9.17, 15) is 0 Å². The first-order chi connectivity index (χ1) is 9.86. The van der Waals surface area contributed by atoms with Crippen LogP contribution in [-0.2, 0) is 4.74 Å². The van der Waals surface area contributed by atoms with Gasteiger partial charge in [0.05, 0.1) is 11.2 Å². The lowest BCUT2D eigenvalue weighted by Gasteiger charge is -2.26. The number of aromatic amines is 1. The predicted molar refractivity (Wildman–Crippen MR) is 82.2 cm³/mol. The molecule has 1 N–H and O–H groups in total. The quantitative estimate of drug-likeness (QED) is 0.872. The molecule has 1 aliphatic heterocycles. The molecule has 0 bridgehead atoms. The summed E-state index contributed by atoms with van der Waals surface area (Å²) in [4.78, 5) is 3.06. The highest BCUT2D eigenvalue weighted by Crippen LogP contribution is 2.44. The number of thioether (sulfide) groups is 1. The van der Waals surface area contributed by atoms with Gasteiger partial charge in [-0.05, 0) is 52.2 Å². The van der Waals surface area contributed by atoms with Gasteiger partial charge in [-0.2, -0.15) is 0 Å². The van der Waals surface area contributed by atoms with Crippen molar-refractivity contribution in [3.05, 3.63) is 18.3 Å². The molecule has 0 amide bonds. The Hall–Kier alpha value is -1.27. The Kier molecular flexibility index (Phi) is 3.61. The summed E-state index contributed by atoms with van der Waals surface area (Å²) in [5.41, 5.74) is 0.678. The molecule has 0 aromatic carbocycles. The van der Waals surface area contributed by atoms with E-state index >= 15 is 0 Å². The molecule has 114 valence electrons. The van der Waals surface area contributed by atoms with Gasteiger partial charge in [0.15, 0.2) is 0 Å². The molecule has 2 aromatic rings. The van der Waals surface area contributed by atoms with Gasteiger partial charge in [0.2, 0.25) is 0 Å². The van der Waals surface area contributed by atoms with Gasteiger partial charge >= 0.3 is 0 Å². The lowest BCUT2D eigenvalue weighted by atomic mass is 9.89. The number of hydrogen-bond donors (Lipinski definition) is 1. The summed E-state index contributed by atoms with van der Waals surface area (Å²) in [5, 5.41) is 8.78. The molecule has 2 aromatic heterocycles. The summed E-state index contributed by atoms with van der Waals surface area (Å²) in [7, 11) is 0. The highest BCUT2D eigenvalue weighted by molar-refractivity contribution is 7.99. The Morgan fingerprint density at radius 1 is 1.33 bits per heavy atom. The molecule has 0 aliphatic carbocycles. The Morgan fingerprint density at radius 2 is 2.14 bits per heavy atom. The SMILES string of the molecule is CC1(C)CC(CSc2nnc(-c3ccc[nH]3)o2)C(C)(C)O1. The van der Waals surface area contributed by atoms with Crippen LogP contribution < -0.4 is 0 Å². The normalized spacial score (nSPS) is 23.5. The topological polar surface area (TPSA) is 63.9 Å². The average Bonchev–Trinajstić information content (AvgIpc) is 3.05. The van der Waals surface area contributed by atoms with Gasteiger partial charge in [-0.15, -0.1) is 10.2 Å². The Morgan fingerprint density at radius 3 is 2.76 bits per heavy atom. The molecule has 0 saturated carbocycles. The summed E-state index contributed by atoms with van der Waals surface area (Å²) in [6.07, 6.45) is 2.89. The van der Waals surface area contributed by atoms with E-state index in [4.69, 9.17) is 9.15 Å². The van der Waals surface area contributed by atoms with Crippen molar-refractivity contribution in [1.82, 2.24) is 15.2 Å². The number of nitrogens with zero attached hydrogens (tertiary/aromatic N) is 2. The molecular weight excluding hydrogens is 286 g/mol. The lowest BCUT2D eigenvalue weighted by Crippen LogP contribution is -2.30. The van der Waals surface area contributed by atoms with Crippen LogP contribution in [0.5, 0.6) is 0 Å². The largest absolute Gasteiger partial charge is 0.410 e. The first-order valence-electron chi connectivity index (χ1n) is 7.16. The van der Waals surface area contributed by atoms with Crippen molar-refractivity contribution in [3.8, 4) is 11.6 Å². The van der Waals surface area contributed by atoms with E-state index in [1.165, 1.54) is 0 Å². The standard InChI is InChI=1S/C15H21N3O2S/c1-14(2)8-10(15(3,4)20-14)9-21-13-18-17-12(19-13)11-6-5-7-16-11/h5-7,10,16H,8-9H2,1-4H3. The van der Waals surface area contributed by atoms with Crippen molar-refractivity contribution in [2.24, 2.45) is 5.92 Å². The fraction of sp³-hybridized carbons (Fsp3) is 0.600. The molecule has 6 heteroatoms. The minimum absolute atomic E-state index is 0.0566. The summed E-state index contributed by atoms with van der Waals surface area (Å²) >= 11 is 1.60. The molecule has 1 fully saturated rings. The summed E-state index contributed by atoms with van der Waals surface area (Å²) in [5.74, 6) is 1.92. The van der Waals surface area contributed by atoms with Gasteiger partial charge in [0, 0.05) is 11.9 Å². The first kappa shape index (κ1) is 14.7. The van der Waals surface area contributed by atoms with E-state index < -0.39 is 0 Å². The van der Waals surface area contributed by atoms with Crippen LogP contribution in [0.4, 0.5) is 0 Å². The minimum Gasteiger partial charge on any atom is -0.410 e. The highest BCUT2D eigenvalue weighted by Gasteiger charge is 2.45. The van der Waals surface area contributed by atoms with Gasteiger partial charge in [0.1, 0.15) is 5.69 Å². The molecule has 21 heavy (non-hydrogen) atoms. The molecule has 5 nitrogen and oxygen atoms in total. The molecule has 1 unspecified atom stereocenters. The zero-order chi connectivity index (χ0) is 15.1. The summed E-state index contributed by atoms with van der Waals surface area (Å²) in [6.45, 7) is 8.61. The third kappa shape index (κ3) is 3.16. The number of hydrogen-bond acceptors (Lipinski definition) is 5. The number of H-pyrrole nitrogens is 1. The van der Waals surface area contributed by atoms with Gasteiger partial charge < -0.3 is 14.1 Å². The fourth-order valence-electron chi connectivity index (χ4n) is 2.95. The van der Waals surface area contributed by atoms with Crippen LogP contribution in [0.15, 0.2) is 28.0 Å². The molecule has 1 atom stereocenters. The smallest absolute Gasteiger partial charge is 0.276 e. The molecule has 3 heterocycles. The van der Waals surface area contributed by atoms with E-state index in [-0.39, 0.29) is 11.2 Å². The van der Waals surface area contributed by atoms with E-state index in [1.807, 2.05) is 18.3 Å². The third-order valence-corrected chi connectivity index (χ3v) is 4.88. The molecule has 1 aliphatic rings. The maximum atomic E-state index is 6.12. The minimum atomic E-state index is -0.112. The van der Waals surface area contributed by atoms with Crippen LogP contribution in [0.25, 0.3) is 11.6 Å². The second kappa shape index (κ2) is 5.18. The molecule has 1 saturated heterocycles. The van der Waals surface area contributed by atoms with Crippen molar-refractivity contribution < 1.29 is 9.15 Å². The van der Waals surface area contributed by atoms with Crippen molar-refractivity contribution in [1.29, 1.82) is 0 Å². The van der Waals surface area contributed by atoms with Crippen LogP contribution in [-0.4, -0.2) is 32.1 Å². The van der Waals surface area contributed by atoms with Crippen LogP contribution in [0.1, 0.15) is 34.1 Å². The average molecular weight is 307 g/mol. The maximum Gasteiger partial charge on any atom is 0.276 e. The number of aromatic nitrogens is 3. The summed E-state index contributed by atoms with van der Waals surface area (Å²) < 4.78 is 11.8. The predicted octanol–water partition coefficient (Wildman–Crippen LogP) is 3.75. The zero-order valence-corrected chi connectivity index (χ0v) is 13.7. The van der Waals surface area contributed by atoms with Crippen molar-refractivity contribution in [2.45, 2.75) is 50.5 Å². The van der Waals surface area contributed by atoms with Gasteiger partial charge in [-0.3, -0.25) is 0 Å². The Bertz CT molecular complexity index is 604. The van der Waals surface area contributed by atoms with E-state index in [0.717, 1.165) is 17.9 Å². The second-order valence-electron chi connectivity index (χ2n) is 6.63. The molecule has 3 rings (SSSR count). The zero-order valence-electron chi connectivity index (χ0n) is 12.8. The van der Waals surface area contributed by atoms with E-state index in [0.29, 0.717) is 17.0 Å². The second-order valence-corrected chi connectivity index (χ2v) is 7.61. The van der Waals surface area contributed by atoms with Crippen LogP contribution in [0.2, 0.25) is 0 Å². The van der Waals surface area contributed by atoms with Crippen LogP contribution in [0, 0.1) is 5.92 Å². The fourth-order valence-corrected chi connectivity index (χ4v) is 4.05. The number of ether oxygens (including phenoxy) is 1. The highest BCUT2D eigenvalue weighted by atomic mass is 32.2. The van der Waals surface area contributed by atoms with E-state index in [1.54, 1.807) is 11.8 Å². The Balaban J connectivity index is 1.63. The Labute approximate surface area is 128 Å².